The van der Waals surface area contributed by atoms with Gasteiger partial charge in [0.15, 0.2) is 0 Å². The Hall–Kier alpha value is -0.680. The lowest BCUT2D eigenvalue weighted by atomic mass is 9.79. The molecule has 2 rings (SSSR count). The second-order valence-corrected chi connectivity index (χ2v) is 11.0. The molecule has 0 aliphatic carbocycles. The first-order valence-electron chi connectivity index (χ1n) is 8.91. The van der Waals surface area contributed by atoms with E-state index in [4.69, 9.17) is 14.0 Å². The van der Waals surface area contributed by atoms with Crippen LogP contribution in [0.2, 0.25) is 0 Å². The molecule has 2 aliphatic heterocycles. The molecule has 0 aromatic carbocycles. The van der Waals surface area contributed by atoms with Crippen molar-refractivity contribution in [2.45, 2.75) is 67.0 Å². The fraction of sp³-hybridized carbons (Fsp3) is 0.833. The van der Waals surface area contributed by atoms with Gasteiger partial charge in [0.2, 0.25) is 0 Å². The predicted molar refractivity (Wildman–Crippen MR) is 103 cm³/mol. The molecule has 0 amide bonds. The highest BCUT2D eigenvalue weighted by molar-refractivity contribution is 7.51. The second kappa shape index (κ2) is 6.80. The average molecular weight is 371 g/mol. The van der Waals surface area contributed by atoms with E-state index >= 15 is 0 Å². The van der Waals surface area contributed by atoms with Crippen LogP contribution in [0.1, 0.15) is 54.9 Å². The van der Waals surface area contributed by atoms with Gasteiger partial charge in [0.25, 0.3) is 0 Å². The smallest absolute Gasteiger partial charge is 0.332 e. The van der Waals surface area contributed by atoms with Crippen LogP contribution in [-0.2, 0) is 13.6 Å². The minimum atomic E-state index is -3.26. The third kappa shape index (κ3) is 4.19. The van der Waals surface area contributed by atoms with Crippen molar-refractivity contribution >= 4 is 13.6 Å². The lowest BCUT2D eigenvalue weighted by Crippen LogP contribution is -2.44. The molecule has 0 unspecified atom stereocenters. The maximum absolute atomic E-state index is 12.5. The summed E-state index contributed by atoms with van der Waals surface area (Å²) in [6, 6.07) is 0.145. The molecule has 0 aromatic rings. The second-order valence-electron chi connectivity index (χ2n) is 8.99. The number of rotatable bonds is 4. The molecule has 2 heterocycles. The summed E-state index contributed by atoms with van der Waals surface area (Å²) in [7, 11) is -0.447. The van der Waals surface area contributed by atoms with Crippen LogP contribution in [0.15, 0.2) is 16.3 Å². The fourth-order valence-corrected chi connectivity index (χ4v) is 4.90. The Morgan fingerprint density at radius 1 is 1.12 bits per heavy atom. The van der Waals surface area contributed by atoms with Crippen LogP contribution in [0.3, 0.4) is 0 Å². The van der Waals surface area contributed by atoms with E-state index in [9.17, 15) is 4.57 Å². The number of hydrogen-bond donors (Lipinski definition) is 1. The third-order valence-corrected chi connectivity index (χ3v) is 6.41. The minimum absolute atomic E-state index is 0.00377. The molecule has 144 valence electrons. The quantitative estimate of drug-likeness (QED) is 0.751. The molecule has 0 bridgehead atoms. The first kappa shape index (κ1) is 20.6. The van der Waals surface area contributed by atoms with Gasteiger partial charge in [0.05, 0.1) is 6.04 Å². The molecule has 0 aromatic heterocycles. The van der Waals surface area contributed by atoms with Gasteiger partial charge >= 0.3 is 7.75 Å². The van der Waals surface area contributed by atoms with Gasteiger partial charge in [-0.25, -0.2) is 9.65 Å². The number of aliphatic imine (C=N–C) groups is 1. The Labute approximate surface area is 152 Å². The Kier molecular flexibility index (Phi) is 5.61. The van der Waals surface area contributed by atoms with E-state index in [1.54, 1.807) is 0 Å². The zero-order valence-electron chi connectivity index (χ0n) is 17.1. The van der Waals surface area contributed by atoms with Gasteiger partial charge in [-0.05, 0) is 17.9 Å². The van der Waals surface area contributed by atoms with Crippen LogP contribution >= 0.6 is 7.75 Å². The molecule has 0 saturated carbocycles. The van der Waals surface area contributed by atoms with Gasteiger partial charge in [-0.3, -0.25) is 4.99 Å². The van der Waals surface area contributed by atoms with Crippen molar-refractivity contribution in [3.05, 3.63) is 11.3 Å². The van der Waals surface area contributed by atoms with Crippen molar-refractivity contribution in [2.24, 2.45) is 15.8 Å². The first-order valence-corrected chi connectivity index (χ1v) is 10.5. The topological polar surface area (TPSA) is 63.2 Å². The maximum Gasteiger partial charge on any atom is 0.405 e. The van der Waals surface area contributed by atoms with Crippen molar-refractivity contribution < 1.29 is 13.6 Å². The Morgan fingerprint density at radius 2 is 1.68 bits per heavy atom. The van der Waals surface area contributed by atoms with E-state index in [0.717, 1.165) is 12.3 Å². The summed E-state index contributed by atoms with van der Waals surface area (Å²) < 4.78 is 22.7. The van der Waals surface area contributed by atoms with Crippen LogP contribution in [-0.4, -0.2) is 43.6 Å². The largest absolute Gasteiger partial charge is 0.405 e. The molecular weight excluding hydrogens is 337 g/mol. The molecule has 2 aliphatic rings. The molecule has 1 saturated heterocycles. The highest BCUT2D eigenvalue weighted by atomic mass is 31.2. The van der Waals surface area contributed by atoms with E-state index in [1.165, 1.54) is 25.5 Å². The van der Waals surface area contributed by atoms with Gasteiger partial charge in [0, 0.05) is 44.3 Å². The molecule has 7 heteroatoms. The zero-order chi connectivity index (χ0) is 19.2. The summed E-state index contributed by atoms with van der Waals surface area (Å²) in [5.41, 5.74) is 2.64. The van der Waals surface area contributed by atoms with Gasteiger partial charge < -0.3 is 13.9 Å². The Morgan fingerprint density at radius 3 is 2.12 bits per heavy atom. The molecule has 2 atom stereocenters. The fourth-order valence-electron chi connectivity index (χ4n) is 3.92. The molecule has 1 fully saturated rings. The van der Waals surface area contributed by atoms with Crippen molar-refractivity contribution in [3.8, 4) is 0 Å². The lowest BCUT2D eigenvalue weighted by Gasteiger charge is -2.41. The highest BCUT2D eigenvalue weighted by Gasteiger charge is 2.43. The number of nitrogens with zero attached hydrogens (tertiary/aromatic N) is 2. The van der Waals surface area contributed by atoms with Gasteiger partial charge in [-0.1, -0.05) is 41.5 Å². The minimum Gasteiger partial charge on any atom is -0.332 e. The number of nitrogens with one attached hydrogen (secondary N) is 1. The van der Waals surface area contributed by atoms with Gasteiger partial charge in [-0.15, -0.1) is 0 Å². The summed E-state index contributed by atoms with van der Waals surface area (Å²) in [5, 5.41) is 3.09. The number of hydrogen-bond acceptors (Lipinski definition) is 5. The molecule has 0 radical (unpaired) electrons. The van der Waals surface area contributed by atoms with Gasteiger partial charge in [-0.2, -0.15) is 0 Å². The Bertz CT molecular complexity index is 620. The van der Waals surface area contributed by atoms with Crippen LogP contribution < -0.4 is 5.09 Å². The van der Waals surface area contributed by atoms with E-state index in [2.05, 4.69) is 58.5 Å². The van der Waals surface area contributed by atoms with Crippen molar-refractivity contribution in [3.63, 3.8) is 0 Å². The summed E-state index contributed by atoms with van der Waals surface area (Å²) in [5.74, 6) is 1.09. The third-order valence-electron chi connectivity index (χ3n) is 4.77. The van der Waals surface area contributed by atoms with E-state index in [0.29, 0.717) is 6.54 Å². The molecular formula is C18H34N3O3P. The van der Waals surface area contributed by atoms with Crippen molar-refractivity contribution in [2.75, 3.05) is 20.8 Å². The standard InChI is InChI=1S/C18H34N3O3P/c1-12-15(17(2,3)4)14-10-13(20-25(22,23-8)24-9)11-21(14)16(19-12)18(5,6)7/h12-13H,10-11H2,1-9H3,(H,20,22)/t12-,13-/m0/s1. The average Bonchev–Trinajstić information content (AvgIpc) is 2.85. The normalized spacial score (nSPS) is 25.3. The molecule has 6 nitrogen and oxygen atoms in total. The van der Waals surface area contributed by atoms with Crippen molar-refractivity contribution in [1.29, 1.82) is 0 Å². The molecule has 0 spiro atoms. The van der Waals surface area contributed by atoms with Crippen LogP contribution in [0.5, 0.6) is 0 Å². The summed E-state index contributed by atoms with van der Waals surface area (Å²) in [6.45, 7) is 16.2. The van der Waals surface area contributed by atoms with E-state index in [-0.39, 0.29) is 22.9 Å². The van der Waals surface area contributed by atoms with Crippen LogP contribution in [0, 0.1) is 10.8 Å². The predicted octanol–water partition coefficient (Wildman–Crippen LogP) is 4.20. The maximum atomic E-state index is 12.5. The summed E-state index contributed by atoms with van der Waals surface area (Å²) >= 11 is 0. The lowest BCUT2D eigenvalue weighted by molar-refractivity contribution is 0.258. The van der Waals surface area contributed by atoms with Crippen molar-refractivity contribution in [1.82, 2.24) is 9.99 Å². The molecule has 1 N–H and O–H groups in total. The zero-order valence-corrected chi connectivity index (χ0v) is 18.0. The van der Waals surface area contributed by atoms with Gasteiger partial charge in [0.1, 0.15) is 5.84 Å². The van der Waals surface area contributed by atoms with Crippen LogP contribution in [0.4, 0.5) is 0 Å². The van der Waals surface area contributed by atoms with E-state index in [1.807, 2.05) is 0 Å². The van der Waals surface area contributed by atoms with Crippen LogP contribution in [0.25, 0.3) is 0 Å². The summed E-state index contributed by atoms with van der Waals surface area (Å²) in [6.07, 6.45) is 0.794. The monoisotopic (exact) mass is 371 g/mol. The number of fused-ring (bicyclic) bond motifs is 1. The van der Waals surface area contributed by atoms with E-state index < -0.39 is 7.75 Å². The summed E-state index contributed by atoms with van der Waals surface area (Å²) in [4.78, 5) is 7.35. The Balaban J connectivity index is 2.43. The first-order chi connectivity index (χ1) is 11.3. The number of amidine groups is 1. The molecule has 25 heavy (non-hydrogen) atoms. The highest BCUT2D eigenvalue weighted by Crippen LogP contribution is 2.47. The SMILES string of the molecule is COP(=O)(N[C@H]1CC2=C(C(C)(C)C)[C@H](C)N=C(C(C)(C)C)N2C1)OC.